The maximum atomic E-state index is 12.8. The molecule has 0 spiro atoms. The number of anilines is 1. The van der Waals surface area contributed by atoms with Crippen molar-refractivity contribution in [2.75, 3.05) is 39.9 Å². The van der Waals surface area contributed by atoms with E-state index < -0.39 is 30.2 Å². The van der Waals surface area contributed by atoms with Gasteiger partial charge in [-0.3, -0.25) is 9.59 Å². The number of carbonyl (C=O) groups excluding carboxylic acids is 2. The fraction of sp³-hybridized carbons (Fsp3) is 0.455. The van der Waals surface area contributed by atoms with E-state index in [1.54, 1.807) is 51.3 Å². The van der Waals surface area contributed by atoms with Crippen molar-refractivity contribution in [2.45, 2.75) is 26.2 Å². The third-order valence-corrected chi connectivity index (χ3v) is 4.52. The zero-order chi connectivity index (χ0) is 23.5. The highest BCUT2D eigenvalue weighted by Gasteiger charge is 2.39. The van der Waals surface area contributed by atoms with Crippen molar-refractivity contribution in [3.63, 3.8) is 0 Å². The number of ether oxygens (including phenoxy) is 5. The SMILES string of the molecule is CCOC(=O)C(C(=O)OCC)[C@@H](Nc1nccc(C(OC)OC)n1)c1ccc(OC)cc1. The van der Waals surface area contributed by atoms with Crippen molar-refractivity contribution in [1.82, 2.24) is 9.97 Å². The number of esters is 2. The summed E-state index contributed by atoms with van der Waals surface area (Å²) in [4.78, 5) is 34.2. The molecule has 1 atom stereocenters. The Morgan fingerprint density at radius 1 is 0.938 bits per heavy atom. The Labute approximate surface area is 187 Å². The molecular weight excluding hydrogens is 418 g/mol. The van der Waals surface area contributed by atoms with Crippen LogP contribution in [0.4, 0.5) is 5.95 Å². The van der Waals surface area contributed by atoms with Crippen LogP contribution in [-0.4, -0.2) is 56.4 Å². The van der Waals surface area contributed by atoms with E-state index in [1.165, 1.54) is 20.4 Å². The molecule has 0 unspecified atom stereocenters. The molecule has 1 aromatic heterocycles. The quantitative estimate of drug-likeness (QED) is 0.295. The molecule has 0 saturated carbocycles. The summed E-state index contributed by atoms with van der Waals surface area (Å²) in [6.07, 6.45) is 0.814. The van der Waals surface area contributed by atoms with Crippen molar-refractivity contribution in [3.8, 4) is 5.75 Å². The molecular formula is C22H29N3O7. The largest absolute Gasteiger partial charge is 0.497 e. The molecule has 32 heavy (non-hydrogen) atoms. The monoisotopic (exact) mass is 447 g/mol. The second kappa shape index (κ2) is 12.6. The Kier molecular flexibility index (Phi) is 9.83. The molecule has 0 radical (unpaired) electrons. The van der Waals surface area contributed by atoms with Gasteiger partial charge in [-0.25, -0.2) is 9.97 Å². The summed E-state index contributed by atoms with van der Waals surface area (Å²) in [5.74, 6) is -1.95. The van der Waals surface area contributed by atoms with Gasteiger partial charge in [0, 0.05) is 20.4 Å². The van der Waals surface area contributed by atoms with Gasteiger partial charge in [-0.05, 0) is 37.6 Å². The maximum Gasteiger partial charge on any atom is 0.322 e. The number of rotatable bonds is 12. The van der Waals surface area contributed by atoms with E-state index in [0.29, 0.717) is 17.0 Å². The zero-order valence-electron chi connectivity index (χ0n) is 18.9. The van der Waals surface area contributed by atoms with E-state index >= 15 is 0 Å². The molecule has 10 nitrogen and oxygen atoms in total. The molecule has 0 aliphatic heterocycles. The molecule has 1 N–H and O–H groups in total. The van der Waals surface area contributed by atoms with E-state index in [2.05, 4.69) is 15.3 Å². The minimum absolute atomic E-state index is 0.111. The van der Waals surface area contributed by atoms with Crippen molar-refractivity contribution in [2.24, 2.45) is 5.92 Å². The van der Waals surface area contributed by atoms with Crippen LogP contribution in [-0.2, 0) is 28.5 Å². The molecule has 0 saturated heterocycles. The summed E-state index contributed by atoms with van der Waals surface area (Å²) in [5.41, 5.74) is 1.07. The Balaban J connectivity index is 2.50. The van der Waals surface area contributed by atoms with Crippen LogP contribution in [0.15, 0.2) is 36.5 Å². The zero-order valence-corrected chi connectivity index (χ0v) is 18.9. The number of benzene rings is 1. The highest BCUT2D eigenvalue weighted by atomic mass is 16.7. The van der Waals surface area contributed by atoms with Crippen LogP contribution >= 0.6 is 0 Å². The van der Waals surface area contributed by atoms with Crippen LogP contribution in [0, 0.1) is 5.92 Å². The molecule has 0 amide bonds. The lowest BCUT2D eigenvalue weighted by molar-refractivity contribution is -0.162. The standard InChI is InChI=1S/C22H29N3O7/c1-6-31-19(26)17(20(27)32-7-2)18(14-8-10-15(28-3)11-9-14)25-22-23-13-12-16(24-22)21(29-4)30-5/h8-13,17-18,21H,6-7H2,1-5H3,(H,23,24,25)/t18-/m0/s1. The lowest BCUT2D eigenvalue weighted by Crippen LogP contribution is -2.37. The van der Waals surface area contributed by atoms with Crippen molar-refractivity contribution in [3.05, 3.63) is 47.8 Å². The van der Waals surface area contributed by atoms with E-state index in [1.807, 2.05) is 0 Å². The van der Waals surface area contributed by atoms with Gasteiger partial charge in [0.15, 0.2) is 5.92 Å². The molecule has 1 aromatic carbocycles. The number of hydrogen-bond donors (Lipinski definition) is 1. The number of nitrogens with one attached hydrogen (secondary N) is 1. The number of carbonyl (C=O) groups is 2. The summed E-state index contributed by atoms with van der Waals surface area (Å²) in [6.45, 7) is 3.55. The smallest absolute Gasteiger partial charge is 0.322 e. The summed E-state index contributed by atoms with van der Waals surface area (Å²) < 4.78 is 26.0. The number of nitrogens with zero attached hydrogens (tertiary/aromatic N) is 2. The minimum atomic E-state index is -1.30. The van der Waals surface area contributed by atoms with Crippen LogP contribution in [0.1, 0.15) is 37.4 Å². The Bertz CT molecular complexity index is 854. The number of aromatic nitrogens is 2. The topological polar surface area (TPSA) is 118 Å². The molecule has 2 aromatic rings. The average Bonchev–Trinajstić information content (AvgIpc) is 2.80. The van der Waals surface area contributed by atoms with Crippen LogP contribution in [0.5, 0.6) is 5.75 Å². The normalized spacial score (nSPS) is 11.8. The number of hydrogen-bond acceptors (Lipinski definition) is 10. The van der Waals surface area contributed by atoms with E-state index in [9.17, 15) is 9.59 Å². The predicted octanol–water partition coefficient (Wildman–Crippen LogP) is 2.67. The van der Waals surface area contributed by atoms with Gasteiger partial charge in [-0.2, -0.15) is 0 Å². The van der Waals surface area contributed by atoms with Gasteiger partial charge >= 0.3 is 11.9 Å². The first kappa shape index (κ1) is 25.0. The summed E-state index contributed by atoms with van der Waals surface area (Å²) in [5, 5.41) is 3.08. The van der Waals surface area contributed by atoms with Crippen LogP contribution in [0.25, 0.3) is 0 Å². The van der Waals surface area contributed by atoms with Gasteiger partial charge in [0.05, 0.1) is 26.4 Å². The van der Waals surface area contributed by atoms with Gasteiger partial charge in [-0.1, -0.05) is 12.1 Å². The fourth-order valence-corrected chi connectivity index (χ4v) is 3.05. The lowest BCUT2D eigenvalue weighted by Gasteiger charge is -2.26. The van der Waals surface area contributed by atoms with Crippen LogP contribution in [0.3, 0.4) is 0 Å². The number of methoxy groups -OCH3 is 3. The summed E-state index contributed by atoms with van der Waals surface area (Å²) in [7, 11) is 4.52. The first-order valence-corrected chi connectivity index (χ1v) is 10.1. The summed E-state index contributed by atoms with van der Waals surface area (Å²) >= 11 is 0. The van der Waals surface area contributed by atoms with Crippen molar-refractivity contribution < 1.29 is 33.3 Å². The first-order chi connectivity index (χ1) is 15.5. The van der Waals surface area contributed by atoms with Crippen LogP contribution in [0.2, 0.25) is 0 Å². The fourth-order valence-electron chi connectivity index (χ4n) is 3.05. The Hall–Kier alpha value is -3.24. The molecule has 1 heterocycles. The van der Waals surface area contributed by atoms with Crippen molar-refractivity contribution >= 4 is 17.9 Å². The van der Waals surface area contributed by atoms with Gasteiger partial charge in [0.2, 0.25) is 12.2 Å². The average molecular weight is 447 g/mol. The predicted molar refractivity (Wildman–Crippen MR) is 115 cm³/mol. The van der Waals surface area contributed by atoms with Crippen LogP contribution < -0.4 is 10.1 Å². The van der Waals surface area contributed by atoms with Gasteiger partial charge in [-0.15, -0.1) is 0 Å². The third-order valence-electron chi connectivity index (χ3n) is 4.52. The Morgan fingerprint density at radius 2 is 1.53 bits per heavy atom. The summed E-state index contributed by atoms with van der Waals surface area (Å²) in [6, 6.07) is 7.68. The molecule has 10 heteroatoms. The van der Waals surface area contributed by atoms with Gasteiger partial charge in [0.25, 0.3) is 0 Å². The molecule has 0 bridgehead atoms. The highest BCUT2D eigenvalue weighted by Crippen LogP contribution is 2.30. The lowest BCUT2D eigenvalue weighted by atomic mass is 9.92. The van der Waals surface area contributed by atoms with Gasteiger partial charge < -0.3 is 29.0 Å². The molecule has 0 aliphatic rings. The highest BCUT2D eigenvalue weighted by molar-refractivity contribution is 5.96. The minimum Gasteiger partial charge on any atom is -0.497 e. The van der Waals surface area contributed by atoms with Crippen molar-refractivity contribution in [1.29, 1.82) is 0 Å². The van der Waals surface area contributed by atoms with E-state index in [0.717, 1.165) is 0 Å². The Morgan fingerprint density at radius 3 is 2.03 bits per heavy atom. The first-order valence-electron chi connectivity index (χ1n) is 10.1. The maximum absolute atomic E-state index is 12.8. The molecule has 174 valence electrons. The molecule has 0 fully saturated rings. The molecule has 2 rings (SSSR count). The van der Waals surface area contributed by atoms with E-state index in [4.69, 9.17) is 23.7 Å². The van der Waals surface area contributed by atoms with E-state index in [-0.39, 0.29) is 19.2 Å². The second-order valence-corrected chi connectivity index (χ2v) is 6.49. The second-order valence-electron chi connectivity index (χ2n) is 6.49. The molecule has 0 aliphatic carbocycles. The van der Waals surface area contributed by atoms with Gasteiger partial charge in [0.1, 0.15) is 11.4 Å². The third kappa shape index (κ3) is 6.38.